The molecule has 0 bridgehead atoms. The Bertz CT molecular complexity index is 538. The maximum atomic E-state index is 14.1. The zero-order chi connectivity index (χ0) is 17.5. The number of aryl methyl sites for hydroxylation is 1. The van der Waals surface area contributed by atoms with Gasteiger partial charge in [0.1, 0.15) is 11.4 Å². The Morgan fingerprint density at radius 1 is 1.43 bits per heavy atom. The highest BCUT2D eigenvalue weighted by Crippen LogP contribution is 2.14. The summed E-state index contributed by atoms with van der Waals surface area (Å²) >= 11 is 0. The fraction of sp³-hybridized carbons (Fsp3) is 0.500. The fourth-order valence-corrected chi connectivity index (χ4v) is 2.12. The highest BCUT2D eigenvalue weighted by Gasteiger charge is 2.16. The lowest BCUT2D eigenvalue weighted by Crippen LogP contribution is -2.38. The van der Waals surface area contributed by atoms with Gasteiger partial charge in [0.2, 0.25) is 0 Å². The van der Waals surface area contributed by atoms with Crippen LogP contribution in [-0.2, 0) is 11.3 Å². The fourth-order valence-electron chi connectivity index (χ4n) is 2.12. The van der Waals surface area contributed by atoms with Crippen LogP contribution in [-0.4, -0.2) is 36.2 Å². The Labute approximate surface area is 138 Å². The minimum Gasteiger partial charge on any atom is -0.444 e. The Morgan fingerprint density at radius 3 is 2.74 bits per heavy atom. The van der Waals surface area contributed by atoms with Gasteiger partial charge in [0.15, 0.2) is 0 Å². The SMILES string of the molecule is C=CCN(CCNC(=O)OC(C)(C)C)Cc1cccc(C)c1F. The topological polar surface area (TPSA) is 41.6 Å². The number of hydrogen-bond donors (Lipinski definition) is 1. The molecule has 0 unspecified atom stereocenters. The molecule has 0 atom stereocenters. The first kappa shape index (κ1) is 19.2. The van der Waals surface area contributed by atoms with E-state index in [0.29, 0.717) is 37.3 Å². The van der Waals surface area contributed by atoms with Gasteiger partial charge < -0.3 is 10.1 Å². The van der Waals surface area contributed by atoms with E-state index in [1.165, 1.54) is 0 Å². The average molecular weight is 322 g/mol. The summed E-state index contributed by atoms with van der Waals surface area (Å²) in [5.74, 6) is -0.179. The van der Waals surface area contributed by atoms with Crippen LogP contribution in [0.15, 0.2) is 30.9 Å². The number of carbonyl (C=O) groups is 1. The van der Waals surface area contributed by atoms with Crippen molar-refractivity contribution >= 4 is 6.09 Å². The standard InChI is InChI=1S/C18H27FN2O2/c1-6-11-21(12-10-20-17(22)23-18(3,4)5)13-15-9-7-8-14(2)16(15)19/h6-9H,1,10-13H2,2-5H3,(H,20,22). The number of nitrogens with zero attached hydrogens (tertiary/aromatic N) is 1. The van der Waals surface area contributed by atoms with Crippen LogP contribution in [0.3, 0.4) is 0 Å². The molecule has 1 aromatic carbocycles. The van der Waals surface area contributed by atoms with Gasteiger partial charge in [-0.1, -0.05) is 24.3 Å². The van der Waals surface area contributed by atoms with Crippen molar-refractivity contribution in [3.63, 3.8) is 0 Å². The third-order valence-corrected chi connectivity index (χ3v) is 3.15. The number of carbonyl (C=O) groups excluding carboxylic acids is 1. The molecule has 1 aromatic rings. The number of ether oxygens (including phenoxy) is 1. The summed E-state index contributed by atoms with van der Waals surface area (Å²) in [7, 11) is 0. The van der Waals surface area contributed by atoms with Crippen molar-refractivity contribution in [2.75, 3.05) is 19.6 Å². The number of benzene rings is 1. The number of rotatable bonds is 7. The van der Waals surface area contributed by atoms with Gasteiger partial charge in [-0.25, -0.2) is 9.18 Å². The van der Waals surface area contributed by atoms with Crippen molar-refractivity contribution in [3.05, 3.63) is 47.8 Å². The van der Waals surface area contributed by atoms with E-state index in [0.717, 1.165) is 0 Å². The third-order valence-electron chi connectivity index (χ3n) is 3.15. The summed E-state index contributed by atoms with van der Waals surface area (Å²) in [6.07, 6.45) is 1.32. The lowest BCUT2D eigenvalue weighted by Gasteiger charge is -2.23. The van der Waals surface area contributed by atoms with Gasteiger partial charge in [-0.2, -0.15) is 0 Å². The zero-order valence-electron chi connectivity index (χ0n) is 14.5. The number of nitrogens with one attached hydrogen (secondary N) is 1. The number of amides is 1. The molecular formula is C18H27FN2O2. The van der Waals surface area contributed by atoms with Gasteiger partial charge in [0.25, 0.3) is 0 Å². The lowest BCUT2D eigenvalue weighted by molar-refractivity contribution is 0.0522. The molecule has 0 saturated carbocycles. The second kappa shape index (κ2) is 8.67. The van der Waals surface area contributed by atoms with Crippen molar-refractivity contribution in [2.45, 2.75) is 39.8 Å². The first-order valence-electron chi connectivity index (χ1n) is 7.77. The van der Waals surface area contributed by atoms with E-state index < -0.39 is 11.7 Å². The van der Waals surface area contributed by atoms with Crippen molar-refractivity contribution in [3.8, 4) is 0 Å². The van der Waals surface area contributed by atoms with Gasteiger partial charge in [0, 0.05) is 31.7 Å². The summed E-state index contributed by atoms with van der Waals surface area (Å²) in [5.41, 5.74) is 0.757. The molecule has 0 fully saturated rings. The van der Waals surface area contributed by atoms with Crippen LogP contribution < -0.4 is 5.32 Å². The van der Waals surface area contributed by atoms with E-state index in [1.54, 1.807) is 25.1 Å². The minimum atomic E-state index is -0.518. The highest BCUT2D eigenvalue weighted by atomic mass is 19.1. The Kier molecular flexibility index (Phi) is 7.23. The largest absolute Gasteiger partial charge is 0.444 e. The van der Waals surface area contributed by atoms with E-state index >= 15 is 0 Å². The summed E-state index contributed by atoms with van der Waals surface area (Å²) < 4.78 is 19.3. The summed E-state index contributed by atoms with van der Waals surface area (Å²) in [4.78, 5) is 13.6. The minimum absolute atomic E-state index is 0.179. The van der Waals surface area contributed by atoms with Crippen LogP contribution in [0, 0.1) is 12.7 Å². The second-order valence-corrected chi connectivity index (χ2v) is 6.50. The molecule has 1 rings (SSSR count). The summed E-state index contributed by atoms with van der Waals surface area (Å²) in [6, 6.07) is 5.37. The Hall–Kier alpha value is -1.88. The molecule has 0 heterocycles. The van der Waals surface area contributed by atoms with Crippen LogP contribution in [0.1, 0.15) is 31.9 Å². The Morgan fingerprint density at radius 2 is 2.13 bits per heavy atom. The summed E-state index contributed by atoms with van der Waals surface area (Å²) in [6.45, 7) is 13.0. The highest BCUT2D eigenvalue weighted by molar-refractivity contribution is 5.67. The van der Waals surface area contributed by atoms with Crippen LogP contribution in [0.4, 0.5) is 9.18 Å². The second-order valence-electron chi connectivity index (χ2n) is 6.50. The van der Waals surface area contributed by atoms with Crippen molar-refractivity contribution < 1.29 is 13.9 Å². The molecule has 5 heteroatoms. The van der Waals surface area contributed by atoms with Crippen molar-refractivity contribution in [2.24, 2.45) is 0 Å². The van der Waals surface area contributed by atoms with Crippen LogP contribution in [0.2, 0.25) is 0 Å². The number of halogens is 1. The molecule has 0 aliphatic heterocycles. The normalized spacial score (nSPS) is 11.4. The maximum Gasteiger partial charge on any atom is 0.407 e. The van der Waals surface area contributed by atoms with Gasteiger partial charge in [-0.05, 0) is 33.3 Å². The number of hydrogen-bond acceptors (Lipinski definition) is 3. The van der Waals surface area contributed by atoms with Crippen LogP contribution in [0.5, 0.6) is 0 Å². The maximum absolute atomic E-state index is 14.1. The molecule has 1 amide bonds. The van der Waals surface area contributed by atoms with Gasteiger partial charge in [-0.15, -0.1) is 6.58 Å². The van der Waals surface area contributed by atoms with Gasteiger partial charge in [0.05, 0.1) is 0 Å². The van der Waals surface area contributed by atoms with E-state index in [9.17, 15) is 9.18 Å². The predicted molar refractivity (Wildman–Crippen MR) is 90.8 cm³/mol. The molecule has 0 spiro atoms. The molecule has 0 aliphatic rings. The third kappa shape index (κ3) is 7.28. The van der Waals surface area contributed by atoms with Crippen LogP contribution >= 0.6 is 0 Å². The number of alkyl carbamates (subject to hydrolysis) is 1. The molecule has 1 N–H and O–H groups in total. The molecule has 23 heavy (non-hydrogen) atoms. The first-order valence-corrected chi connectivity index (χ1v) is 7.77. The molecule has 4 nitrogen and oxygen atoms in total. The van der Waals surface area contributed by atoms with Crippen molar-refractivity contribution in [1.29, 1.82) is 0 Å². The van der Waals surface area contributed by atoms with Crippen LogP contribution in [0.25, 0.3) is 0 Å². The molecule has 0 aliphatic carbocycles. The predicted octanol–water partition coefficient (Wildman–Crippen LogP) is 3.65. The van der Waals surface area contributed by atoms with Gasteiger partial charge in [-0.3, -0.25) is 4.90 Å². The smallest absolute Gasteiger partial charge is 0.407 e. The monoisotopic (exact) mass is 322 g/mol. The molecular weight excluding hydrogens is 295 g/mol. The lowest BCUT2D eigenvalue weighted by atomic mass is 10.1. The van der Waals surface area contributed by atoms with Crippen molar-refractivity contribution in [1.82, 2.24) is 10.2 Å². The van der Waals surface area contributed by atoms with E-state index in [1.807, 2.05) is 31.7 Å². The van der Waals surface area contributed by atoms with E-state index in [2.05, 4.69) is 11.9 Å². The van der Waals surface area contributed by atoms with Gasteiger partial charge >= 0.3 is 6.09 Å². The quantitative estimate of drug-likeness (QED) is 0.779. The molecule has 0 radical (unpaired) electrons. The average Bonchev–Trinajstić information content (AvgIpc) is 2.42. The zero-order valence-corrected chi connectivity index (χ0v) is 14.5. The summed E-state index contributed by atoms with van der Waals surface area (Å²) in [5, 5.41) is 2.71. The van der Waals surface area contributed by atoms with E-state index in [4.69, 9.17) is 4.74 Å². The molecule has 128 valence electrons. The van der Waals surface area contributed by atoms with E-state index in [-0.39, 0.29) is 5.82 Å². The molecule has 0 aromatic heterocycles. The first-order chi connectivity index (χ1) is 10.7. The molecule has 0 saturated heterocycles. The Balaban J connectivity index is 2.54.